The van der Waals surface area contributed by atoms with Crippen molar-refractivity contribution >= 4 is 27.5 Å². The van der Waals surface area contributed by atoms with Gasteiger partial charge in [0.05, 0.1) is 18.0 Å². The zero-order valence-electron chi connectivity index (χ0n) is 12.1. The van der Waals surface area contributed by atoms with Gasteiger partial charge in [0, 0.05) is 11.8 Å². The number of nitrogens with one attached hydrogen (secondary N) is 1. The van der Waals surface area contributed by atoms with Gasteiger partial charge in [0.2, 0.25) is 16.8 Å². The number of ether oxygens (including phenoxy) is 2. The van der Waals surface area contributed by atoms with Crippen LogP contribution in [0.15, 0.2) is 48.8 Å². The van der Waals surface area contributed by atoms with Gasteiger partial charge >= 0.3 is 0 Å². The number of benzene rings is 2. The molecule has 7 nitrogen and oxygen atoms in total. The second-order valence-corrected chi connectivity index (χ2v) is 5.30. The average molecular weight is 331 g/mol. The molecule has 8 heteroatoms. The van der Waals surface area contributed by atoms with E-state index in [2.05, 4.69) is 14.7 Å². The van der Waals surface area contributed by atoms with Crippen LogP contribution in [-0.2, 0) is 10.9 Å². The molecule has 1 N–H and O–H groups in total. The summed E-state index contributed by atoms with van der Waals surface area (Å²) in [6.45, 7) is 0. The summed E-state index contributed by atoms with van der Waals surface area (Å²) < 4.78 is 34.4. The number of anilines is 1. The molecule has 23 heavy (non-hydrogen) atoms. The molecule has 0 atom stereocenters. The lowest BCUT2D eigenvalue weighted by Gasteiger charge is -2.08. The quantitative estimate of drug-likeness (QED) is 0.698. The van der Waals surface area contributed by atoms with E-state index in [1.807, 2.05) is 6.07 Å². The third-order valence-corrected chi connectivity index (χ3v) is 3.54. The summed E-state index contributed by atoms with van der Waals surface area (Å²) in [7, 11) is -1.10. The van der Waals surface area contributed by atoms with Gasteiger partial charge in [0.1, 0.15) is 17.8 Å². The Labute approximate surface area is 134 Å². The molecule has 3 aromatic rings. The summed E-state index contributed by atoms with van der Waals surface area (Å²) >= 11 is 0. The van der Waals surface area contributed by atoms with E-state index in [0.717, 1.165) is 5.39 Å². The van der Waals surface area contributed by atoms with Crippen LogP contribution in [0.1, 0.15) is 0 Å². The molecule has 0 aliphatic rings. The fourth-order valence-electron chi connectivity index (χ4n) is 2.04. The SMILES string of the molecule is COc1ccc2c(Oc3ccc(N[SH](=O)=O)cc3)ncnc2c1. The predicted octanol–water partition coefficient (Wildman–Crippen LogP) is 2.37. The van der Waals surface area contributed by atoms with Crippen LogP contribution in [-0.4, -0.2) is 25.5 Å². The van der Waals surface area contributed by atoms with Crippen molar-refractivity contribution in [2.24, 2.45) is 0 Å². The predicted molar refractivity (Wildman–Crippen MR) is 86.5 cm³/mol. The molecule has 2 aromatic carbocycles. The van der Waals surface area contributed by atoms with Crippen LogP contribution in [0.3, 0.4) is 0 Å². The fourth-order valence-corrected chi connectivity index (χ4v) is 2.39. The fraction of sp³-hybridized carbons (Fsp3) is 0.0667. The molecule has 0 bridgehead atoms. The Morgan fingerprint density at radius 2 is 1.74 bits per heavy atom. The van der Waals surface area contributed by atoms with Gasteiger partial charge in [-0.25, -0.2) is 18.4 Å². The first kappa shape index (κ1) is 15.0. The first-order valence-corrected chi connectivity index (χ1v) is 7.81. The van der Waals surface area contributed by atoms with E-state index in [0.29, 0.717) is 28.6 Å². The van der Waals surface area contributed by atoms with Crippen molar-refractivity contribution in [1.82, 2.24) is 9.97 Å². The summed E-state index contributed by atoms with van der Waals surface area (Å²) in [5.41, 5.74) is 1.17. The minimum atomic E-state index is -2.69. The topological polar surface area (TPSA) is 90.4 Å². The molecule has 0 saturated heterocycles. The van der Waals surface area contributed by atoms with Crippen molar-refractivity contribution < 1.29 is 17.9 Å². The van der Waals surface area contributed by atoms with Gasteiger partial charge < -0.3 is 9.47 Å². The van der Waals surface area contributed by atoms with Gasteiger partial charge in [0.15, 0.2) is 0 Å². The van der Waals surface area contributed by atoms with E-state index in [4.69, 9.17) is 9.47 Å². The highest BCUT2D eigenvalue weighted by Crippen LogP contribution is 2.29. The third-order valence-electron chi connectivity index (χ3n) is 3.10. The molecule has 1 heterocycles. The van der Waals surface area contributed by atoms with Crippen LogP contribution in [0.5, 0.6) is 17.4 Å². The lowest BCUT2D eigenvalue weighted by molar-refractivity contribution is 0.415. The van der Waals surface area contributed by atoms with Crippen LogP contribution < -0.4 is 14.2 Å². The Bertz CT molecular complexity index is 902. The molecule has 118 valence electrons. The third kappa shape index (κ3) is 3.49. The molecule has 0 aliphatic carbocycles. The van der Waals surface area contributed by atoms with E-state index in [1.165, 1.54) is 6.33 Å². The van der Waals surface area contributed by atoms with E-state index >= 15 is 0 Å². The first-order valence-electron chi connectivity index (χ1n) is 6.63. The molecule has 0 fully saturated rings. The molecule has 0 radical (unpaired) electrons. The van der Waals surface area contributed by atoms with E-state index in [1.54, 1.807) is 43.5 Å². The lowest BCUT2D eigenvalue weighted by atomic mass is 10.2. The standard InChI is InChI=1S/C15H13N3O4S/c1-21-12-6-7-13-14(8-12)16-9-17-15(13)22-11-4-2-10(3-5-11)18-23(19)20/h2-9,23H,1H3,(H,18,19,20). The Hall–Kier alpha value is -2.87. The van der Waals surface area contributed by atoms with Crippen molar-refractivity contribution in [3.63, 3.8) is 0 Å². The number of hydrogen-bond donors (Lipinski definition) is 2. The molecule has 3 rings (SSSR count). The van der Waals surface area contributed by atoms with Gasteiger partial charge in [-0.1, -0.05) is 0 Å². The van der Waals surface area contributed by atoms with Gasteiger partial charge in [-0.15, -0.1) is 0 Å². The van der Waals surface area contributed by atoms with Crippen LogP contribution in [0.4, 0.5) is 5.69 Å². The van der Waals surface area contributed by atoms with Crippen LogP contribution >= 0.6 is 0 Å². The average Bonchev–Trinajstić information content (AvgIpc) is 2.56. The first-order chi connectivity index (χ1) is 11.2. The normalized spacial score (nSPS) is 10.7. The Kier molecular flexibility index (Phi) is 4.24. The second-order valence-electron chi connectivity index (χ2n) is 4.56. The molecule has 0 amide bonds. The minimum Gasteiger partial charge on any atom is -0.497 e. The van der Waals surface area contributed by atoms with Crippen molar-refractivity contribution in [2.75, 3.05) is 11.8 Å². The highest BCUT2D eigenvalue weighted by molar-refractivity contribution is 7.73. The molecule has 0 aliphatic heterocycles. The summed E-state index contributed by atoms with van der Waals surface area (Å²) in [6.07, 6.45) is 1.41. The Morgan fingerprint density at radius 3 is 2.43 bits per heavy atom. The van der Waals surface area contributed by atoms with Gasteiger partial charge in [-0.2, -0.15) is 0 Å². The number of hydrogen-bond acceptors (Lipinski definition) is 6. The Morgan fingerprint density at radius 1 is 1.00 bits per heavy atom. The number of nitrogens with zero attached hydrogens (tertiary/aromatic N) is 2. The van der Waals surface area contributed by atoms with Gasteiger partial charge in [-0.05, 0) is 36.4 Å². The van der Waals surface area contributed by atoms with E-state index in [9.17, 15) is 8.42 Å². The monoisotopic (exact) mass is 331 g/mol. The lowest BCUT2D eigenvalue weighted by Crippen LogP contribution is -1.95. The Balaban J connectivity index is 1.89. The molecule has 1 aromatic heterocycles. The maximum atomic E-state index is 10.6. The number of thiol groups is 1. The van der Waals surface area contributed by atoms with Gasteiger partial charge in [-0.3, -0.25) is 4.72 Å². The smallest absolute Gasteiger partial charge is 0.230 e. The zero-order chi connectivity index (χ0) is 16.2. The number of fused-ring (bicyclic) bond motifs is 1. The van der Waals surface area contributed by atoms with Crippen molar-refractivity contribution in [3.8, 4) is 17.4 Å². The van der Waals surface area contributed by atoms with Crippen LogP contribution in [0, 0.1) is 0 Å². The molecular formula is C15H13N3O4S. The molecule has 0 unspecified atom stereocenters. The highest BCUT2D eigenvalue weighted by Gasteiger charge is 2.07. The number of methoxy groups -OCH3 is 1. The van der Waals surface area contributed by atoms with Crippen LogP contribution in [0.25, 0.3) is 10.9 Å². The maximum absolute atomic E-state index is 10.6. The van der Waals surface area contributed by atoms with Crippen molar-refractivity contribution in [1.29, 1.82) is 0 Å². The zero-order valence-corrected chi connectivity index (χ0v) is 13.0. The number of rotatable bonds is 5. The number of aromatic nitrogens is 2. The van der Waals surface area contributed by atoms with E-state index < -0.39 is 10.9 Å². The second kappa shape index (κ2) is 6.49. The highest BCUT2D eigenvalue weighted by atomic mass is 32.2. The molecule has 0 saturated carbocycles. The minimum absolute atomic E-state index is 0.410. The van der Waals surface area contributed by atoms with E-state index in [-0.39, 0.29) is 0 Å². The summed E-state index contributed by atoms with van der Waals surface area (Å²) in [5, 5.41) is 0.748. The van der Waals surface area contributed by atoms with Crippen molar-refractivity contribution in [3.05, 3.63) is 48.8 Å². The van der Waals surface area contributed by atoms with Crippen molar-refractivity contribution in [2.45, 2.75) is 0 Å². The summed E-state index contributed by atoms with van der Waals surface area (Å²) in [6, 6.07) is 11.9. The van der Waals surface area contributed by atoms with Gasteiger partial charge in [0.25, 0.3) is 0 Å². The van der Waals surface area contributed by atoms with Crippen LogP contribution in [0.2, 0.25) is 0 Å². The summed E-state index contributed by atoms with van der Waals surface area (Å²) in [4.78, 5) is 8.33. The molecule has 0 spiro atoms. The largest absolute Gasteiger partial charge is 0.497 e. The maximum Gasteiger partial charge on any atom is 0.230 e. The molecular weight excluding hydrogens is 318 g/mol. The summed E-state index contributed by atoms with van der Waals surface area (Å²) in [5.74, 6) is 1.64.